The first-order chi connectivity index (χ1) is 4.41. The van der Waals surface area contributed by atoms with Crippen molar-refractivity contribution in [2.45, 2.75) is 0 Å². The Morgan fingerprint density at radius 2 is 2.22 bits per heavy atom. The molecule has 0 aromatic carbocycles. The van der Waals surface area contributed by atoms with Gasteiger partial charge in [-0.05, 0) is 0 Å². The maximum atomic E-state index is 6.55. The molecule has 0 saturated heterocycles. The molecule has 4 nitrogen and oxygen atoms in total. The SMILES string of the molecule is C=NNOCC[NH-].[CH2]=[Mn]. The molecule has 0 atom stereocenters. The first-order valence-electron chi connectivity index (χ1n) is 2.15. The van der Waals surface area contributed by atoms with Gasteiger partial charge in [0.15, 0.2) is 0 Å². The van der Waals surface area contributed by atoms with Crippen molar-refractivity contribution >= 4 is 12.1 Å². The Morgan fingerprint density at radius 1 is 1.67 bits per heavy atom. The third kappa shape index (κ3) is 18.2. The fourth-order valence-corrected chi connectivity index (χ4v) is 0.142. The molecule has 0 aliphatic carbocycles. The van der Waals surface area contributed by atoms with Gasteiger partial charge in [-0.25, -0.2) is 0 Å². The molecule has 9 heavy (non-hydrogen) atoms. The Balaban J connectivity index is 0. The van der Waals surface area contributed by atoms with Gasteiger partial charge in [0.05, 0.1) is 6.61 Å². The van der Waals surface area contributed by atoms with Crippen molar-refractivity contribution in [1.29, 1.82) is 0 Å². The zero-order valence-electron chi connectivity index (χ0n) is 5.06. The van der Waals surface area contributed by atoms with Crippen LogP contribution in [0.5, 0.6) is 0 Å². The number of rotatable bonds is 4. The predicted octanol–water partition coefficient (Wildman–Crippen LogP) is 0.141. The summed E-state index contributed by atoms with van der Waals surface area (Å²) in [6.07, 6.45) is 0. The molecule has 0 spiro atoms. The number of nitrogens with one attached hydrogen (secondary N) is 2. The van der Waals surface area contributed by atoms with Crippen molar-refractivity contribution in [1.82, 2.24) is 5.59 Å². The molecule has 0 radical (unpaired) electrons. The summed E-state index contributed by atoms with van der Waals surface area (Å²) < 4.78 is 0. The van der Waals surface area contributed by atoms with Crippen molar-refractivity contribution in [2.75, 3.05) is 13.2 Å². The van der Waals surface area contributed by atoms with E-state index in [0.29, 0.717) is 6.61 Å². The summed E-state index contributed by atoms with van der Waals surface area (Å²) in [4.78, 5) is 4.47. The van der Waals surface area contributed by atoms with E-state index in [1.807, 2.05) is 0 Å². The van der Waals surface area contributed by atoms with E-state index in [1.165, 1.54) is 0 Å². The quantitative estimate of drug-likeness (QED) is 0.283. The van der Waals surface area contributed by atoms with Gasteiger partial charge < -0.3 is 5.73 Å². The molecule has 55 valence electrons. The van der Waals surface area contributed by atoms with Crippen LogP contribution in [0.25, 0.3) is 5.73 Å². The van der Waals surface area contributed by atoms with Crippen molar-refractivity contribution < 1.29 is 20.4 Å². The second-order valence-corrected chi connectivity index (χ2v) is 0.848. The Morgan fingerprint density at radius 3 is 2.56 bits per heavy atom. The van der Waals surface area contributed by atoms with Crippen LogP contribution in [0.2, 0.25) is 0 Å². The Labute approximate surface area is 62.8 Å². The van der Waals surface area contributed by atoms with Crippen LogP contribution >= 0.6 is 0 Å². The summed E-state index contributed by atoms with van der Waals surface area (Å²) in [5, 5.41) is 3.17. The normalized spacial score (nSPS) is 6.78. The molecule has 2 N–H and O–H groups in total. The molecule has 0 aromatic heterocycles. The summed E-state index contributed by atoms with van der Waals surface area (Å²) >= 11 is 2.69. The number of hydrazone groups is 1. The standard InChI is InChI=1S/C3H8N3O.CH2.Mn/c1-5-6-7-3-2-4;;/h4,6H,1-3H2;1H2;/q-1;;. The number of nitrogens with zero attached hydrogens (tertiary/aromatic N) is 1. The average Bonchev–Trinajstić information content (AvgIpc) is 1.94. The van der Waals surface area contributed by atoms with Crippen LogP contribution in [0.1, 0.15) is 0 Å². The number of hydrogen-bond acceptors (Lipinski definition) is 3. The minimum atomic E-state index is 0.239. The van der Waals surface area contributed by atoms with Gasteiger partial charge in [-0.2, -0.15) is 10.7 Å². The Hall–Kier alpha value is -0.221. The zero-order valence-corrected chi connectivity index (χ0v) is 6.24. The Kier molecular flexibility index (Phi) is 20.1. The second kappa shape index (κ2) is 15.7. The molecule has 0 fully saturated rings. The van der Waals surface area contributed by atoms with Crippen molar-refractivity contribution in [3.05, 3.63) is 5.73 Å². The monoisotopic (exact) mass is 171 g/mol. The fourth-order valence-electron chi connectivity index (χ4n) is 0.142. The van der Waals surface area contributed by atoms with Crippen molar-refractivity contribution in [3.8, 4) is 0 Å². The van der Waals surface area contributed by atoms with E-state index in [4.69, 9.17) is 5.73 Å². The van der Waals surface area contributed by atoms with Crippen LogP contribution < -0.4 is 5.59 Å². The molecular formula is C4H10MnN3O-. The minimum absolute atomic E-state index is 0.239. The van der Waals surface area contributed by atoms with Crippen molar-refractivity contribution in [3.63, 3.8) is 0 Å². The molecule has 0 rings (SSSR count). The summed E-state index contributed by atoms with van der Waals surface area (Å²) in [6.45, 7) is 3.67. The third-order valence-corrected chi connectivity index (χ3v) is 0.333. The summed E-state index contributed by atoms with van der Waals surface area (Å²) in [5.41, 5.74) is 11.8. The van der Waals surface area contributed by atoms with Gasteiger partial charge in [-0.3, -0.25) is 4.84 Å². The zero-order chi connectivity index (χ0) is 7.54. The first-order valence-corrected chi connectivity index (χ1v) is 2.99. The predicted molar refractivity (Wildman–Crippen MR) is 34.9 cm³/mol. The molecule has 0 aliphatic heterocycles. The van der Waals surface area contributed by atoms with Crippen LogP contribution in [0.4, 0.5) is 0 Å². The summed E-state index contributed by atoms with van der Waals surface area (Å²) in [5.74, 6) is 0. The molecule has 0 saturated carbocycles. The number of hydrogen-bond donors (Lipinski definition) is 1. The van der Waals surface area contributed by atoms with E-state index in [9.17, 15) is 0 Å². The van der Waals surface area contributed by atoms with Gasteiger partial charge in [-0.15, -0.1) is 6.54 Å². The van der Waals surface area contributed by atoms with E-state index in [1.54, 1.807) is 0 Å². The van der Waals surface area contributed by atoms with Crippen LogP contribution in [0.3, 0.4) is 0 Å². The van der Waals surface area contributed by atoms with Gasteiger partial charge >= 0.3 is 21.0 Å². The van der Waals surface area contributed by atoms with E-state index >= 15 is 0 Å². The molecule has 0 bridgehead atoms. The Bertz CT molecular complexity index is 61.8. The molecular weight excluding hydrogens is 161 g/mol. The van der Waals surface area contributed by atoms with Gasteiger partial charge in [0, 0.05) is 6.72 Å². The van der Waals surface area contributed by atoms with E-state index in [-0.39, 0.29) is 6.54 Å². The molecule has 0 aromatic rings. The third-order valence-electron chi connectivity index (χ3n) is 0.333. The van der Waals surface area contributed by atoms with E-state index in [0.717, 1.165) is 0 Å². The second-order valence-electron chi connectivity index (χ2n) is 0.848. The van der Waals surface area contributed by atoms with Crippen molar-refractivity contribution in [2.24, 2.45) is 5.10 Å². The molecule has 0 heterocycles. The van der Waals surface area contributed by atoms with Gasteiger partial charge in [0.1, 0.15) is 0 Å². The van der Waals surface area contributed by atoms with Crippen LogP contribution in [0.15, 0.2) is 5.10 Å². The molecule has 5 heteroatoms. The topological polar surface area (TPSA) is 57.4 Å². The van der Waals surface area contributed by atoms with Gasteiger partial charge in [0.2, 0.25) is 0 Å². The van der Waals surface area contributed by atoms with E-state index < -0.39 is 0 Å². The summed E-state index contributed by atoms with van der Waals surface area (Å²) in [7, 11) is 0. The van der Waals surface area contributed by atoms with Crippen LogP contribution in [0, 0.1) is 0 Å². The maximum absolute atomic E-state index is 6.55. The van der Waals surface area contributed by atoms with E-state index in [2.05, 4.69) is 43.2 Å². The molecule has 0 unspecified atom stereocenters. The average molecular weight is 171 g/mol. The summed E-state index contributed by atoms with van der Waals surface area (Å²) in [6, 6.07) is 0. The molecule has 0 amide bonds. The fraction of sp³-hybridized carbons (Fsp3) is 0.500. The van der Waals surface area contributed by atoms with Crippen LogP contribution in [-0.4, -0.2) is 25.3 Å². The first kappa shape index (κ1) is 11.6. The molecule has 0 aliphatic rings. The van der Waals surface area contributed by atoms with Crippen LogP contribution in [-0.2, 0) is 20.4 Å². The van der Waals surface area contributed by atoms with Gasteiger partial charge in [0.25, 0.3) is 0 Å². The van der Waals surface area contributed by atoms with Gasteiger partial charge in [-0.1, -0.05) is 0 Å².